The number of aromatic nitrogens is 1. The summed E-state index contributed by atoms with van der Waals surface area (Å²) < 4.78 is 5.82. The first-order chi connectivity index (χ1) is 20.9. The van der Waals surface area contributed by atoms with E-state index in [-0.39, 0.29) is 11.9 Å². The van der Waals surface area contributed by atoms with Crippen LogP contribution in [0.25, 0.3) is 11.1 Å². The van der Waals surface area contributed by atoms with E-state index in [2.05, 4.69) is 22.1 Å². The number of hydrogen-bond acceptors (Lipinski definition) is 6. The molecular formula is C34H43N5O4. The molecule has 0 radical (unpaired) electrons. The normalized spacial score (nSPS) is 14.2. The number of esters is 1. The van der Waals surface area contributed by atoms with E-state index in [1.165, 1.54) is 31.7 Å². The summed E-state index contributed by atoms with van der Waals surface area (Å²) in [5.41, 5.74) is 3.56. The number of carbonyl (C=O) groups excluding carboxylic acids is 3. The standard InChI is InChI=1S/C34H43N5O4/c1-4-5-6-7-8-18-36-34(42)38(3)30-11-9-10-29(25-30)26-12-14-27(15-13-26)31(32(40)39-23-21-37(2)22-24-39)43-33(41)28-16-19-35-20-17-28/h9-17,19-20,25,31H,4-8,18,21-24H2,1-3H3,(H,36,42). The predicted octanol–water partition coefficient (Wildman–Crippen LogP) is 5.54. The molecule has 43 heavy (non-hydrogen) atoms. The fourth-order valence-electron chi connectivity index (χ4n) is 5.02. The lowest BCUT2D eigenvalue weighted by atomic mass is 10.0. The van der Waals surface area contributed by atoms with Gasteiger partial charge in [-0.1, -0.05) is 69.0 Å². The Morgan fingerprint density at radius 1 is 0.907 bits per heavy atom. The van der Waals surface area contributed by atoms with Crippen LogP contribution in [-0.2, 0) is 9.53 Å². The molecule has 1 N–H and O–H groups in total. The van der Waals surface area contributed by atoms with Crippen molar-refractivity contribution in [3.63, 3.8) is 0 Å². The molecule has 0 saturated carbocycles. The van der Waals surface area contributed by atoms with Crippen LogP contribution in [-0.4, -0.2) is 79.5 Å². The monoisotopic (exact) mass is 585 g/mol. The Kier molecular flexibility index (Phi) is 11.7. The number of rotatable bonds is 12. The van der Waals surface area contributed by atoms with Gasteiger partial charge in [0.15, 0.2) is 0 Å². The van der Waals surface area contributed by atoms with Crippen LogP contribution in [0.4, 0.5) is 10.5 Å². The van der Waals surface area contributed by atoms with Gasteiger partial charge in [0.2, 0.25) is 6.10 Å². The van der Waals surface area contributed by atoms with Crippen molar-refractivity contribution < 1.29 is 19.1 Å². The van der Waals surface area contributed by atoms with E-state index >= 15 is 0 Å². The number of likely N-dealkylation sites (N-methyl/N-ethyl adjacent to an activating group) is 1. The second-order valence-electron chi connectivity index (χ2n) is 11.0. The van der Waals surface area contributed by atoms with Gasteiger partial charge in [-0.2, -0.15) is 0 Å². The van der Waals surface area contributed by atoms with Gasteiger partial charge in [0.05, 0.1) is 5.56 Å². The molecule has 0 spiro atoms. The smallest absolute Gasteiger partial charge is 0.339 e. The molecule has 1 atom stereocenters. The average molecular weight is 586 g/mol. The molecule has 1 saturated heterocycles. The molecule has 1 aliphatic heterocycles. The van der Waals surface area contributed by atoms with Crippen molar-refractivity contribution >= 4 is 23.6 Å². The first-order valence-electron chi connectivity index (χ1n) is 15.2. The van der Waals surface area contributed by atoms with Crippen molar-refractivity contribution in [2.45, 2.75) is 45.1 Å². The summed E-state index contributed by atoms with van der Waals surface area (Å²) in [6.07, 6.45) is 7.69. The number of ether oxygens (including phenoxy) is 1. The molecule has 3 amide bonds. The maximum absolute atomic E-state index is 13.6. The second-order valence-corrected chi connectivity index (χ2v) is 11.0. The maximum atomic E-state index is 13.6. The van der Waals surface area contributed by atoms with Crippen LogP contribution in [0.3, 0.4) is 0 Å². The third-order valence-corrected chi connectivity index (χ3v) is 7.82. The van der Waals surface area contributed by atoms with Crippen LogP contribution < -0.4 is 10.2 Å². The highest BCUT2D eigenvalue weighted by Crippen LogP contribution is 2.28. The molecule has 1 fully saturated rings. The van der Waals surface area contributed by atoms with Crippen molar-refractivity contribution in [1.29, 1.82) is 0 Å². The average Bonchev–Trinajstić information content (AvgIpc) is 3.05. The summed E-state index contributed by atoms with van der Waals surface area (Å²) in [7, 11) is 3.79. The van der Waals surface area contributed by atoms with Crippen molar-refractivity contribution in [1.82, 2.24) is 20.1 Å². The van der Waals surface area contributed by atoms with Crippen LogP contribution in [0.5, 0.6) is 0 Å². The molecule has 9 nitrogen and oxygen atoms in total. The van der Waals surface area contributed by atoms with E-state index in [9.17, 15) is 14.4 Å². The Morgan fingerprint density at radius 2 is 1.60 bits per heavy atom. The van der Waals surface area contributed by atoms with E-state index in [1.807, 2.05) is 55.6 Å². The zero-order valence-corrected chi connectivity index (χ0v) is 25.5. The van der Waals surface area contributed by atoms with Crippen LogP contribution in [0.15, 0.2) is 73.1 Å². The topological polar surface area (TPSA) is 95.1 Å². The van der Waals surface area contributed by atoms with Crippen molar-refractivity contribution in [3.05, 3.63) is 84.2 Å². The molecule has 0 aliphatic carbocycles. The van der Waals surface area contributed by atoms with Crippen LogP contribution in [0, 0.1) is 0 Å². The summed E-state index contributed by atoms with van der Waals surface area (Å²) in [6.45, 7) is 5.52. The Morgan fingerprint density at radius 3 is 2.30 bits per heavy atom. The summed E-state index contributed by atoms with van der Waals surface area (Å²) in [5, 5.41) is 3.01. The van der Waals surface area contributed by atoms with E-state index in [1.54, 1.807) is 29.0 Å². The Hall–Kier alpha value is -4.24. The van der Waals surface area contributed by atoms with Crippen molar-refractivity contribution in [3.8, 4) is 11.1 Å². The number of pyridine rings is 1. The number of amides is 3. The number of anilines is 1. The molecule has 2 heterocycles. The largest absolute Gasteiger partial charge is 0.444 e. The fraction of sp³-hybridized carbons (Fsp3) is 0.412. The number of carbonyl (C=O) groups is 3. The van der Waals surface area contributed by atoms with Gasteiger partial charge in [-0.15, -0.1) is 0 Å². The van der Waals surface area contributed by atoms with Gasteiger partial charge in [-0.3, -0.25) is 14.7 Å². The lowest BCUT2D eigenvalue weighted by Crippen LogP contribution is -2.49. The minimum absolute atomic E-state index is 0.135. The van der Waals surface area contributed by atoms with Gasteiger partial charge >= 0.3 is 12.0 Å². The van der Waals surface area contributed by atoms with Gasteiger partial charge in [0, 0.05) is 63.4 Å². The minimum Gasteiger partial charge on any atom is -0.444 e. The van der Waals surface area contributed by atoms with Gasteiger partial charge in [0.1, 0.15) is 0 Å². The number of piperazine rings is 1. The third-order valence-electron chi connectivity index (χ3n) is 7.82. The summed E-state index contributed by atoms with van der Waals surface area (Å²) in [4.78, 5) is 48.8. The first kappa shape index (κ1) is 31.7. The molecule has 2 aromatic carbocycles. The van der Waals surface area contributed by atoms with E-state index in [4.69, 9.17) is 4.74 Å². The number of unbranched alkanes of at least 4 members (excludes halogenated alkanes) is 4. The number of nitrogens with zero attached hydrogens (tertiary/aromatic N) is 4. The van der Waals surface area contributed by atoms with Gasteiger partial charge < -0.3 is 19.9 Å². The number of urea groups is 1. The van der Waals surface area contributed by atoms with E-state index in [0.717, 1.165) is 42.7 Å². The second kappa shape index (κ2) is 15.8. The molecule has 3 aromatic rings. The highest BCUT2D eigenvalue weighted by molar-refractivity contribution is 5.93. The third kappa shape index (κ3) is 8.88. The number of nitrogens with one attached hydrogen (secondary N) is 1. The lowest BCUT2D eigenvalue weighted by molar-refractivity contribution is -0.142. The maximum Gasteiger partial charge on any atom is 0.339 e. The van der Waals surface area contributed by atoms with Crippen LogP contribution in [0.2, 0.25) is 0 Å². The van der Waals surface area contributed by atoms with Gasteiger partial charge in [0.25, 0.3) is 5.91 Å². The molecular weight excluding hydrogens is 542 g/mol. The first-order valence-corrected chi connectivity index (χ1v) is 15.2. The molecule has 0 bridgehead atoms. The Balaban J connectivity index is 1.47. The molecule has 1 aromatic heterocycles. The van der Waals surface area contributed by atoms with Crippen LogP contribution in [0.1, 0.15) is 61.1 Å². The highest BCUT2D eigenvalue weighted by atomic mass is 16.5. The molecule has 228 valence electrons. The molecule has 4 rings (SSSR count). The number of benzene rings is 2. The van der Waals surface area contributed by atoms with Crippen molar-refractivity contribution in [2.24, 2.45) is 0 Å². The van der Waals surface area contributed by atoms with Crippen molar-refractivity contribution in [2.75, 3.05) is 51.7 Å². The van der Waals surface area contributed by atoms with Gasteiger partial charge in [-0.25, -0.2) is 9.59 Å². The SMILES string of the molecule is CCCCCCCNC(=O)N(C)c1cccc(-c2ccc(C(OC(=O)c3ccncc3)C(=O)N3CCN(C)CC3)cc2)c1. The quantitative estimate of drug-likeness (QED) is 0.222. The summed E-state index contributed by atoms with van der Waals surface area (Å²) in [6, 6.07) is 18.3. The van der Waals surface area contributed by atoms with E-state index < -0.39 is 12.1 Å². The highest BCUT2D eigenvalue weighted by Gasteiger charge is 2.31. The predicted molar refractivity (Wildman–Crippen MR) is 169 cm³/mol. The van der Waals surface area contributed by atoms with Crippen LogP contribution >= 0.6 is 0 Å². The summed E-state index contributed by atoms with van der Waals surface area (Å²) >= 11 is 0. The summed E-state index contributed by atoms with van der Waals surface area (Å²) in [5.74, 6) is -0.808. The minimum atomic E-state index is -1.07. The number of hydrogen-bond donors (Lipinski definition) is 1. The Bertz CT molecular complexity index is 1340. The van der Waals surface area contributed by atoms with E-state index in [0.29, 0.717) is 30.8 Å². The zero-order chi connectivity index (χ0) is 30.6. The fourth-order valence-corrected chi connectivity index (χ4v) is 5.02. The Labute approximate surface area is 254 Å². The molecule has 1 unspecified atom stereocenters. The molecule has 9 heteroatoms. The lowest BCUT2D eigenvalue weighted by Gasteiger charge is -2.34. The van der Waals surface area contributed by atoms with Gasteiger partial charge in [-0.05, 0) is 48.9 Å². The zero-order valence-electron chi connectivity index (χ0n) is 25.5. The molecule has 1 aliphatic rings.